The van der Waals surface area contributed by atoms with E-state index in [4.69, 9.17) is 5.73 Å². The van der Waals surface area contributed by atoms with Gasteiger partial charge in [-0.2, -0.15) is 0 Å². The summed E-state index contributed by atoms with van der Waals surface area (Å²) < 4.78 is 26.4. The third kappa shape index (κ3) is 1.67. The van der Waals surface area contributed by atoms with Gasteiger partial charge in [-0.05, 0) is 24.5 Å². The van der Waals surface area contributed by atoms with Crippen LogP contribution in [-0.2, 0) is 5.41 Å². The van der Waals surface area contributed by atoms with E-state index in [-0.39, 0.29) is 5.41 Å². The molecule has 0 aliphatic heterocycles. The van der Waals surface area contributed by atoms with Gasteiger partial charge in [-0.15, -0.1) is 0 Å². The lowest BCUT2D eigenvalue weighted by Crippen LogP contribution is -2.33. The predicted molar refractivity (Wildman–Crippen MR) is 55.5 cm³/mol. The van der Waals surface area contributed by atoms with Gasteiger partial charge in [-0.1, -0.05) is 18.2 Å². The first-order chi connectivity index (χ1) is 7.18. The maximum atomic E-state index is 13.6. The van der Waals surface area contributed by atoms with Gasteiger partial charge in [0.2, 0.25) is 0 Å². The lowest BCUT2D eigenvalue weighted by Gasteiger charge is -2.28. The van der Waals surface area contributed by atoms with Crippen molar-refractivity contribution in [3.05, 3.63) is 47.5 Å². The van der Waals surface area contributed by atoms with Crippen molar-refractivity contribution < 1.29 is 8.78 Å². The molecule has 0 spiro atoms. The minimum Gasteiger partial charge on any atom is -0.330 e. The Bertz CT molecular complexity index is 391. The average Bonchev–Trinajstić information content (AvgIpc) is 2.67. The van der Waals surface area contributed by atoms with Crippen molar-refractivity contribution in [2.75, 3.05) is 6.54 Å². The van der Waals surface area contributed by atoms with Crippen LogP contribution in [0.1, 0.15) is 18.4 Å². The van der Waals surface area contributed by atoms with Crippen LogP contribution < -0.4 is 5.73 Å². The van der Waals surface area contributed by atoms with Crippen molar-refractivity contribution in [2.24, 2.45) is 5.73 Å². The third-order valence-corrected chi connectivity index (χ3v) is 3.08. The maximum absolute atomic E-state index is 13.6. The van der Waals surface area contributed by atoms with Gasteiger partial charge in [-0.25, -0.2) is 8.78 Å². The van der Waals surface area contributed by atoms with Crippen LogP contribution in [0.5, 0.6) is 0 Å². The van der Waals surface area contributed by atoms with Crippen molar-refractivity contribution in [2.45, 2.75) is 18.3 Å². The monoisotopic (exact) mass is 209 g/mol. The zero-order chi connectivity index (χ0) is 10.9. The van der Waals surface area contributed by atoms with Gasteiger partial charge in [0.25, 0.3) is 0 Å². The first-order valence-electron chi connectivity index (χ1n) is 4.98. The topological polar surface area (TPSA) is 26.0 Å². The van der Waals surface area contributed by atoms with E-state index in [0.29, 0.717) is 12.1 Å². The first-order valence-corrected chi connectivity index (χ1v) is 4.98. The molecule has 1 aromatic rings. The lowest BCUT2D eigenvalue weighted by atomic mass is 9.78. The molecule has 1 aromatic carbocycles. The second-order valence-corrected chi connectivity index (χ2v) is 3.99. The number of nitrogens with two attached hydrogens (primary N) is 1. The highest BCUT2D eigenvalue weighted by Gasteiger charge is 2.33. The molecule has 0 radical (unpaired) electrons. The van der Waals surface area contributed by atoms with Crippen LogP contribution in [0.25, 0.3) is 0 Å². The van der Waals surface area contributed by atoms with Crippen molar-refractivity contribution in [3.8, 4) is 0 Å². The largest absolute Gasteiger partial charge is 0.330 e. The normalized spacial score (nSPS) is 18.3. The minimum absolute atomic E-state index is 0.363. The Balaban J connectivity index is 2.43. The molecular formula is C12H13F2N. The summed E-state index contributed by atoms with van der Waals surface area (Å²) in [4.78, 5) is 0. The summed E-state index contributed by atoms with van der Waals surface area (Å²) in [7, 11) is 0. The molecule has 80 valence electrons. The summed E-state index contributed by atoms with van der Waals surface area (Å²) in [6, 6.07) is 3.71. The molecule has 1 aliphatic carbocycles. The van der Waals surface area contributed by atoms with E-state index >= 15 is 0 Å². The number of benzene rings is 1. The van der Waals surface area contributed by atoms with Crippen LogP contribution in [0.4, 0.5) is 8.78 Å². The quantitative estimate of drug-likeness (QED) is 0.744. The van der Waals surface area contributed by atoms with Crippen LogP contribution in [-0.4, -0.2) is 6.54 Å². The fraction of sp³-hybridized carbons (Fsp3) is 0.333. The Kier molecular flexibility index (Phi) is 2.57. The van der Waals surface area contributed by atoms with Crippen molar-refractivity contribution in [1.82, 2.24) is 0 Å². The van der Waals surface area contributed by atoms with E-state index in [1.807, 2.05) is 12.2 Å². The van der Waals surface area contributed by atoms with Crippen LogP contribution in [0.15, 0.2) is 30.4 Å². The summed E-state index contributed by atoms with van der Waals surface area (Å²) in [5.74, 6) is -1.04. The summed E-state index contributed by atoms with van der Waals surface area (Å²) in [5, 5.41) is 0. The lowest BCUT2D eigenvalue weighted by molar-refractivity contribution is 0.438. The van der Waals surface area contributed by atoms with E-state index in [1.165, 1.54) is 12.1 Å². The van der Waals surface area contributed by atoms with Crippen LogP contribution in [0, 0.1) is 11.6 Å². The second-order valence-electron chi connectivity index (χ2n) is 3.99. The number of rotatable bonds is 2. The van der Waals surface area contributed by atoms with Crippen LogP contribution in [0.2, 0.25) is 0 Å². The highest BCUT2D eigenvalue weighted by atomic mass is 19.1. The molecular weight excluding hydrogens is 196 g/mol. The van der Waals surface area contributed by atoms with Gasteiger partial charge < -0.3 is 5.73 Å². The van der Waals surface area contributed by atoms with E-state index in [2.05, 4.69) is 0 Å². The number of hydrogen-bond acceptors (Lipinski definition) is 1. The van der Waals surface area contributed by atoms with Crippen molar-refractivity contribution in [3.63, 3.8) is 0 Å². The Labute approximate surface area is 87.6 Å². The SMILES string of the molecule is NCC1(c2ccc(F)cc2F)CC=CC1. The number of halogens is 2. The van der Waals surface area contributed by atoms with E-state index in [0.717, 1.165) is 18.9 Å². The van der Waals surface area contributed by atoms with Gasteiger partial charge in [0.1, 0.15) is 11.6 Å². The Morgan fingerprint density at radius 2 is 1.87 bits per heavy atom. The molecule has 0 fully saturated rings. The molecule has 3 heteroatoms. The zero-order valence-corrected chi connectivity index (χ0v) is 8.34. The molecule has 0 saturated carbocycles. The molecule has 2 rings (SSSR count). The third-order valence-electron chi connectivity index (χ3n) is 3.08. The highest BCUT2D eigenvalue weighted by Crippen LogP contribution is 2.37. The molecule has 0 bridgehead atoms. The van der Waals surface area contributed by atoms with Gasteiger partial charge in [0.15, 0.2) is 0 Å². The van der Waals surface area contributed by atoms with E-state index in [9.17, 15) is 8.78 Å². The van der Waals surface area contributed by atoms with E-state index in [1.54, 1.807) is 0 Å². The summed E-state index contributed by atoms with van der Waals surface area (Å²) in [5.41, 5.74) is 5.87. The Morgan fingerprint density at radius 3 is 2.40 bits per heavy atom. The molecule has 0 unspecified atom stereocenters. The molecule has 1 nitrogen and oxygen atoms in total. The highest BCUT2D eigenvalue weighted by molar-refractivity contribution is 5.32. The molecule has 2 N–H and O–H groups in total. The molecule has 0 aromatic heterocycles. The molecule has 15 heavy (non-hydrogen) atoms. The molecule has 1 aliphatic rings. The molecule has 0 saturated heterocycles. The standard InChI is InChI=1S/C12H13F2N/c13-9-3-4-10(11(14)7-9)12(8-15)5-1-2-6-12/h1-4,7H,5-6,8,15H2. The van der Waals surface area contributed by atoms with Gasteiger partial charge >= 0.3 is 0 Å². The maximum Gasteiger partial charge on any atom is 0.129 e. The van der Waals surface area contributed by atoms with Gasteiger partial charge in [0, 0.05) is 18.0 Å². The second kappa shape index (κ2) is 3.74. The smallest absolute Gasteiger partial charge is 0.129 e. The molecule has 0 atom stereocenters. The fourth-order valence-electron chi connectivity index (χ4n) is 2.12. The minimum atomic E-state index is -0.547. The molecule has 0 amide bonds. The number of allylic oxidation sites excluding steroid dienone is 2. The van der Waals surface area contributed by atoms with Crippen molar-refractivity contribution in [1.29, 1.82) is 0 Å². The Hall–Kier alpha value is -1.22. The van der Waals surface area contributed by atoms with Crippen LogP contribution >= 0.6 is 0 Å². The zero-order valence-electron chi connectivity index (χ0n) is 8.34. The van der Waals surface area contributed by atoms with Gasteiger partial charge in [0.05, 0.1) is 0 Å². The predicted octanol–water partition coefficient (Wildman–Crippen LogP) is 2.51. The van der Waals surface area contributed by atoms with Crippen molar-refractivity contribution >= 4 is 0 Å². The summed E-state index contributed by atoms with van der Waals surface area (Å²) >= 11 is 0. The summed E-state index contributed by atoms with van der Waals surface area (Å²) in [6.45, 7) is 0.378. The summed E-state index contributed by atoms with van der Waals surface area (Å²) in [6.07, 6.45) is 5.45. The average molecular weight is 209 g/mol. The fourth-order valence-corrected chi connectivity index (χ4v) is 2.12. The van der Waals surface area contributed by atoms with Crippen LogP contribution in [0.3, 0.4) is 0 Å². The number of hydrogen-bond donors (Lipinski definition) is 1. The molecule has 0 heterocycles. The Morgan fingerprint density at radius 1 is 1.20 bits per heavy atom. The van der Waals surface area contributed by atoms with E-state index < -0.39 is 11.6 Å². The van der Waals surface area contributed by atoms with Gasteiger partial charge in [-0.3, -0.25) is 0 Å². The first kappa shape index (κ1) is 10.3.